The number of hydrogen-bond donors (Lipinski definition) is 1. The van der Waals surface area contributed by atoms with Gasteiger partial charge in [-0.15, -0.1) is 0 Å². The number of hydrogen-bond acceptors (Lipinski definition) is 4. The Morgan fingerprint density at radius 2 is 2.11 bits per heavy atom. The Morgan fingerprint density at radius 1 is 1.37 bits per heavy atom. The fraction of sp³-hybridized carbons (Fsp3) is 0.533. The SMILES string of the molecule is CCCC(C(=O)OCC)C(O)c1cccc(OC)c1. The number of carbonyl (C=O) groups is 1. The summed E-state index contributed by atoms with van der Waals surface area (Å²) in [5, 5.41) is 10.4. The van der Waals surface area contributed by atoms with Crippen molar-refractivity contribution in [3.8, 4) is 5.75 Å². The molecule has 0 aliphatic heterocycles. The molecular weight excluding hydrogens is 244 g/mol. The Balaban J connectivity index is 2.91. The fourth-order valence-electron chi connectivity index (χ4n) is 2.02. The van der Waals surface area contributed by atoms with Crippen LogP contribution in [0.1, 0.15) is 38.4 Å². The standard InChI is InChI=1S/C15H22O4/c1-4-7-13(15(17)19-5-2)14(16)11-8-6-9-12(10-11)18-3/h6,8-10,13-14,16H,4-5,7H2,1-3H3. The highest BCUT2D eigenvalue weighted by atomic mass is 16.5. The highest BCUT2D eigenvalue weighted by Gasteiger charge is 2.28. The second kappa shape index (κ2) is 7.79. The molecule has 106 valence electrons. The maximum absolute atomic E-state index is 11.9. The molecule has 4 nitrogen and oxygen atoms in total. The molecule has 1 N–H and O–H groups in total. The average molecular weight is 266 g/mol. The molecule has 1 rings (SSSR count). The van der Waals surface area contributed by atoms with E-state index in [4.69, 9.17) is 9.47 Å². The van der Waals surface area contributed by atoms with Crippen LogP contribution in [0.5, 0.6) is 5.75 Å². The van der Waals surface area contributed by atoms with Crippen molar-refractivity contribution in [3.63, 3.8) is 0 Å². The summed E-state index contributed by atoms with van der Waals surface area (Å²) in [5.74, 6) is -0.215. The van der Waals surface area contributed by atoms with Gasteiger partial charge in [-0.3, -0.25) is 4.79 Å². The van der Waals surface area contributed by atoms with Crippen molar-refractivity contribution < 1.29 is 19.4 Å². The monoisotopic (exact) mass is 266 g/mol. The van der Waals surface area contributed by atoms with E-state index in [9.17, 15) is 9.90 Å². The third-order valence-corrected chi connectivity index (χ3v) is 3.01. The summed E-state index contributed by atoms with van der Waals surface area (Å²) in [4.78, 5) is 11.9. The summed E-state index contributed by atoms with van der Waals surface area (Å²) >= 11 is 0. The van der Waals surface area contributed by atoms with Gasteiger partial charge in [0.2, 0.25) is 0 Å². The molecule has 2 atom stereocenters. The third-order valence-electron chi connectivity index (χ3n) is 3.01. The van der Waals surface area contributed by atoms with Gasteiger partial charge in [0, 0.05) is 0 Å². The minimum absolute atomic E-state index is 0.323. The second-order valence-corrected chi connectivity index (χ2v) is 4.37. The molecule has 0 saturated heterocycles. The Labute approximate surface area is 114 Å². The molecule has 1 aromatic carbocycles. The van der Waals surface area contributed by atoms with E-state index in [1.807, 2.05) is 6.92 Å². The van der Waals surface area contributed by atoms with E-state index in [1.165, 1.54) is 0 Å². The van der Waals surface area contributed by atoms with Crippen LogP contribution >= 0.6 is 0 Å². The van der Waals surface area contributed by atoms with Crippen LogP contribution in [0.2, 0.25) is 0 Å². The number of rotatable bonds is 7. The third kappa shape index (κ3) is 4.24. The minimum atomic E-state index is -0.867. The van der Waals surface area contributed by atoms with E-state index >= 15 is 0 Å². The highest BCUT2D eigenvalue weighted by Crippen LogP contribution is 2.29. The maximum Gasteiger partial charge on any atom is 0.311 e. The van der Waals surface area contributed by atoms with Gasteiger partial charge in [0.15, 0.2) is 0 Å². The predicted molar refractivity (Wildman–Crippen MR) is 73.0 cm³/mol. The van der Waals surface area contributed by atoms with Crippen LogP contribution in [0, 0.1) is 5.92 Å². The number of aliphatic hydroxyl groups is 1. The average Bonchev–Trinajstić information content (AvgIpc) is 2.44. The minimum Gasteiger partial charge on any atom is -0.497 e. The largest absolute Gasteiger partial charge is 0.497 e. The number of benzene rings is 1. The number of ether oxygens (including phenoxy) is 2. The van der Waals surface area contributed by atoms with Gasteiger partial charge < -0.3 is 14.6 Å². The van der Waals surface area contributed by atoms with E-state index in [0.29, 0.717) is 24.3 Å². The second-order valence-electron chi connectivity index (χ2n) is 4.37. The Hall–Kier alpha value is -1.55. The van der Waals surface area contributed by atoms with E-state index < -0.39 is 12.0 Å². The zero-order valence-corrected chi connectivity index (χ0v) is 11.8. The van der Waals surface area contributed by atoms with Crippen LogP contribution in [-0.4, -0.2) is 24.8 Å². The molecule has 19 heavy (non-hydrogen) atoms. The van der Waals surface area contributed by atoms with Crippen LogP contribution in [0.25, 0.3) is 0 Å². The molecule has 2 unspecified atom stereocenters. The van der Waals surface area contributed by atoms with Crippen LogP contribution in [0.3, 0.4) is 0 Å². The van der Waals surface area contributed by atoms with Gasteiger partial charge in [0.25, 0.3) is 0 Å². The van der Waals surface area contributed by atoms with Gasteiger partial charge in [0.05, 0.1) is 25.7 Å². The lowest BCUT2D eigenvalue weighted by Crippen LogP contribution is -2.24. The van der Waals surface area contributed by atoms with Gasteiger partial charge in [-0.1, -0.05) is 25.5 Å². The predicted octanol–water partition coefficient (Wildman–Crippen LogP) is 2.71. The van der Waals surface area contributed by atoms with Gasteiger partial charge in [-0.25, -0.2) is 0 Å². The molecule has 0 radical (unpaired) electrons. The van der Waals surface area contributed by atoms with Crippen LogP contribution in [0.15, 0.2) is 24.3 Å². The zero-order chi connectivity index (χ0) is 14.3. The van der Waals surface area contributed by atoms with E-state index in [2.05, 4.69) is 0 Å². The molecular formula is C15H22O4. The van der Waals surface area contributed by atoms with E-state index in [1.54, 1.807) is 38.3 Å². The molecule has 0 amide bonds. The van der Waals surface area contributed by atoms with E-state index in [-0.39, 0.29) is 5.97 Å². The first kappa shape index (κ1) is 15.5. The molecule has 0 aliphatic rings. The number of aliphatic hydroxyl groups excluding tert-OH is 1. The Morgan fingerprint density at radius 3 is 2.68 bits per heavy atom. The Bertz CT molecular complexity index is 403. The summed E-state index contributed by atoms with van der Waals surface area (Å²) in [6, 6.07) is 7.13. The van der Waals surface area contributed by atoms with Gasteiger partial charge in [-0.2, -0.15) is 0 Å². The fourth-order valence-corrected chi connectivity index (χ4v) is 2.02. The summed E-state index contributed by atoms with van der Waals surface area (Å²) in [6.45, 7) is 4.06. The first-order valence-corrected chi connectivity index (χ1v) is 6.62. The summed E-state index contributed by atoms with van der Waals surface area (Å²) in [5.41, 5.74) is 0.672. The molecule has 0 spiro atoms. The number of esters is 1. The van der Waals surface area contributed by atoms with E-state index in [0.717, 1.165) is 6.42 Å². The first-order chi connectivity index (χ1) is 9.13. The molecule has 0 heterocycles. The molecule has 0 bridgehead atoms. The quantitative estimate of drug-likeness (QED) is 0.771. The Kier molecular flexibility index (Phi) is 6.36. The van der Waals surface area contributed by atoms with Crippen molar-refractivity contribution in [2.75, 3.05) is 13.7 Å². The summed E-state index contributed by atoms with van der Waals surface area (Å²) in [7, 11) is 1.57. The molecule has 1 aromatic rings. The molecule has 0 aromatic heterocycles. The molecule has 0 saturated carbocycles. The zero-order valence-electron chi connectivity index (χ0n) is 11.8. The van der Waals surface area contributed by atoms with Crippen molar-refractivity contribution in [1.82, 2.24) is 0 Å². The van der Waals surface area contributed by atoms with Crippen molar-refractivity contribution >= 4 is 5.97 Å². The summed E-state index contributed by atoms with van der Waals surface area (Å²) in [6.07, 6.45) is 0.538. The number of carbonyl (C=O) groups excluding carboxylic acids is 1. The smallest absolute Gasteiger partial charge is 0.311 e. The molecule has 0 fully saturated rings. The van der Waals surface area contributed by atoms with Crippen molar-refractivity contribution in [3.05, 3.63) is 29.8 Å². The van der Waals surface area contributed by atoms with Gasteiger partial charge in [-0.05, 0) is 31.0 Å². The lowest BCUT2D eigenvalue weighted by atomic mass is 9.92. The lowest BCUT2D eigenvalue weighted by molar-refractivity contribution is -0.152. The normalized spacial score (nSPS) is 13.7. The lowest BCUT2D eigenvalue weighted by Gasteiger charge is -2.21. The van der Waals surface area contributed by atoms with Crippen LogP contribution in [-0.2, 0) is 9.53 Å². The van der Waals surface area contributed by atoms with Crippen molar-refractivity contribution in [2.24, 2.45) is 5.92 Å². The molecule has 4 heteroatoms. The maximum atomic E-state index is 11.9. The van der Waals surface area contributed by atoms with Crippen LogP contribution in [0.4, 0.5) is 0 Å². The van der Waals surface area contributed by atoms with Crippen molar-refractivity contribution in [1.29, 1.82) is 0 Å². The van der Waals surface area contributed by atoms with Crippen LogP contribution < -0.4 is 4.74 Å². The topological polar surface area (TPSA) is 55.8 Å². The number of methoxy groups -OCH3 is 1. The molecule has 0 aliphatic carbocycles. The highest BCUT2D eigenvalue weighted by molar-refractivity contribution is 5.73. The van der Waals surface area contributed by atoms with Gasteiger partial charge in [0.1, 0.15) is 5.75 Å². The first-order valence-electron chi connectivity index (χ1n) is 6.62. The van der Waals surface area contributed by atoms with Crippen molar-refractivity contribution in [2.45, 2.75) is 32.8 Å². The summed E-state index contributed by atoms with van der Waals surface area (Å²) < 4.78 is 10.2. The van der Waals surface area contributed by atoms with Gasteiger partial charge >= 0.3 is 5.97 Å².